The molecule has 1 aliphatic rings. The molecule has 25 heavy (non-hydrogen) atoms. The summed E-state index contributed by atoms with van der Waals surface area (Å²) in [6.07, 6.45) is 0.575. The topological polar surface area (TPSA) is 104 Å². The quantitative estimate of drug-likeness (QED) is 0.758. The minimum Gasteiger partial charge on any atom is -0.480 e. The Morgan fingerprint density at radius 1 is 1.36 bits per heavy atom. The molecule has 0 saturated carbocycles. The number of aryl methyl sites for hydroxylation is 1. The summed E-state index contributed by atoms with van der Waals surface area (Å²) in [5.41, 5.74) is 1.46. The molecule has 0 atom stereocenters. The van der Waals surface area contributed by atoms with Gasteiger partial charge in [-0.05, 0) is 37.1 Å². The van der Waals surface area contributed by atoms with E-state index >= 15 is 0 Å². The van der Waals surface area contributed by atoms with Crippen molar-refractivity contribution in [2.24, 2.45) is 0 Å². The third-order valence-electron chi connectivity index (χ3n) is 4.01. The molecule has 1 aromatic rings. The van der Waals surface area contributed by atoms with Crippen LogP contribution in [0.25, 0.3) is 0 Å². The van der Waals surface area contributed by atoms with Crippen molar-refractivity contribution in [3.8, 4) is 0 Å². The maximum Gasteiger partial charge on any atom is 0.323 e. The number of carbonyl (C=O) groups excluding carboxylic acids is 1. The summed E-state index contributed by atoms with van der Waals surface area (Å²) in [5, 5.41) is 8.99. The van der Waals surface area contributed by atoms with Gasteiger partial charge in [-0.1, -0.05) is 0 Å². The summed E-state index contributed by atoms with van der Waals surface area (Å²) >= 11 is 0. The van der Waals surface area contributed by atoms with Crippen molar-refractivity contribution < 1.29 is 27.9 Å². The van der Waals surface area contributed by atoms with Crippen LogP contribution < -0.4 is 4.31 Å². The number of anilines is 1. The molecule has 1 aliphatic heterocycles. The van der Waals surface area contributed by atoms with Gasteiger partial charge >= 0.3 is 5.97 Å². The molecule has 0 unspecified atom stereocenters. The molecule has 2 rings (SSSR count). The third-order valence-corrected chi connectivity index (χ3v) is 5.88. The average Bonchev–Trinajstić information content (AvgIpc) is 2.89. The number of hydrogen-bond donors (Lipinski definition) is 1. The summed E-state index contributed by atoms with van der Waals surface area (Å²) in [5.74, 6) is -1.41. The lowest BCUT2D eigenvalue weighted by Gasteiger charge is -2.22. The van der Waals surface area contributed by atoms with E-state index in [0.717, 1.165) is 0 Å². The minimum absolute atomic E-state index is 0.121. The molecular weight excluding hydrogens is 348 g/mol. The van der Waals surface area contributed by atoms with E-state index in [0.29, 0.717) is 29.8 Å². The second kappa shape index (κ2) is 7.83. The number of ether oxygens (including phenoxy) is 1. The standard InChI is InChI=1S/C16H22N2O6S/c1-12-10-13(18-6-3-9-25(18,22)23)4-5-14(12)16(21)17(7-8-24-2)11-15(19)20/h4-5,10H,3,6-9,11H2,1-2H3,(H,19,20). The highest BCUT2D eigenvalue weighted by Crippen LogP contribution is 2.26. The lowest BCUT2D eigenvalue weighted by molar-refractivity contribution is -0.137. The first-order valence-electron chi connectivity index (χ1n) is 7.87. The molecule has 138 valence electrons. The highest BCUT2D eigenvalue weighted by molar-refractivity contribution is 7.93. The van der Waals surface area contributed by atoms with Crippen molar-refractivity contribution in [3.63, 3.8) is 0 Å². The molecule has 1 fully saturated rings. The number of sulfonamides is 1. The van der Waals surface area contributed by atoms with Crippen LogP contribution in [0.1, 0.15) is 22.3 Å². The van der Waals surface area contributed by atoms with Gasteiger partial charge in [0.05, 0.1) is 18.0 Å². The summed E-state index contributed by atoms with van der Waals surface area (Å²) in [6, 6.07) is 4.77. The van der Waals surface area contributed by atoms with Gasteiger partial charge in [-0.15, -0.1) is 0 Å². The maximum atomic E-state index is 12.6. The Morgan fingerprint density at radius 2 is 2.08 bits per heavy atom. The number of carbonyl (C=O) groups is 2. The molecule has 1 aromatic carbocycles. The SMILES string of the molecule is COCCN(CC(=O)O)C(=O)c1ccc(N2CCCS2(=O)=O)cc1C. The fourth-order valence-corrected chi connectivity index (χ4v) is 4.32. The van der Waals surface area contributed by atoms with E-state index in [2.05, 4.69) is 0 Å². The van der Waals surface area contributed by atoms with Gasteiger partial charge in [0.2, 0.25) is 10.0 Å². The third kappa shape index (κ3) is 4.49. The Hall–Kier alpha value is -2.13. The molecule has 0 aromatic heterocycles. The fourth-order valence-electron chi connectivity index (χ4n) is 2.76. The number of hydrogen-bond acceptors (Lipinski definition) is 5. The highest BCUT2D eigenvalue weighted by atomic mass is 32.2. The van der Waals surface area contributed by atoms with Crippen LogP contribution in [0.5, 0.6) is 0 Å². The van der Waals surface area contributed by atoms with Gasteiger partial charge in [-0.25, -0.2) is 8.42 Å². The Bertz CT molecular complexity index is 762. The van der Waals surface area contributed by atoms with Gasteiger partial charge < -0.3 is 14.7 Å². The number of rotatable bonds is 7. The zero-order valence-corrected chi connectivity index (χ0v) is 15.1. The largest absolute Gasteiger partial charge is 0.480 e. The molecule has 9 heteroatoms. The van der Waals surface area contributed by atoms with Gasteiger partial charge in [0, 0.05) is 25.8 Å². The maximum absolute atomic E-state index is 12.6. The van der Waals surface area contributed by atoms with E-state index in [-0.39, 0.29) is 18.9 Å². The van der Waals surface area contributed by atoms with Crippen LogP contribution in [-0.4, -0.2) is 69.4 Å². The van der Waals surface area contributed by atoms with E-state index in [1.165, 1.54) is 16.3 Å². The summed E-state index contributed by atoms with van der Waals surface area (Å²) in [6.45, 7) is 2.08. The van der Waals surface area contributed by atoms with E-state index in [4.69, 9.17) is 9.84 Å². The number of benzene rings is 1. The average molecular weight is 370 g/mol. The van der Waals surface area contributed by atoms with Gasteiger partial charge in [0.15, 0.2) is 0 Å². The Balaban J connectivity index is 2.26. The van der Waals surface area contributed by atoms with Crippen molar-refractivity contribution >= 4 is 27.6 Å². The van der Waals surface area contributed by atoms with Crippen molar-refractivity contribution in [3.05, 3.63) is 29.3 Å². The molecule has 0 spiro atoms. The number of amides is 1. The van der Waals surface area contributed by atoms with Crippen LogP contribution in [0.4, 0.5) is 5.69 Å². The molecule has 1 N–H and O–H groups in total. The summed E-state index contributed by atoms with van der Waals surface area (Å²) in [7, 11) is -1.82. The van der Waals surface area contributed by atoms with Crippen LogP contribution in [-0.2, 0) is 19.6 Å². The predicted molar refractivity (Wildman–Crippen MR) is 92.3 cm³/mol. The molecule has 1 saturated heterocycles. The minimum atomic E-state index is -3.29. The monoisotopic (exact) mass is 370 g/mol. The number of aliphatic carboxylic acids is 1. The van der Waals surface area contributed by atoms with Crippen LogP contribution in [0.15, 0.2) is 18.2 Å². The van der Waals surface area contributed by atoms with Crippen LogP contribution in [0.3, 0.4) is 0 Å². The van der Waals surface area contributed by atoms with Crippen molar-refractivity contribution in [1.82, 2.24) is 4.90 Å². The zero-order chi connectivity index (χ0) is 18.6. The molecule has 1 amide bonds. The second-order valence-corrected chi connectivity index (χ2v) is 7.87. The van der Waals surface area contributed by atoms with Crippen molar-refractivity contribution in [2.75, 3.05) is 43.4 Å². The van der Waals surface area contributed by atoms with E-state index in [1.807, 2.05) is 0 Å². The molecule has 1 heterocycles. The molecule has 0 bridgehead atoms. The normalized spacial score (nSPS) is 16.0. The van der Waals surface area contributed by atoms with E-state index < -0.39 is 28.4 Å². The van der Waals surface area contributed by atoms with Crippen LogP contribution >= 0.6 is 0 Å². The molecule has 0 aliphatic carbocycles. The van der Waals surface area contributed by atoms with Crippen molar-refractivity contribution in [2.45, 2.75) is 13.3 Å². The number of carboxylic acids is 1. The molecule has 8 nitrogen and oxygen atoms in total. The first kappa shape index (κ1) is 19.2. The summed E-state index contributed by atoms with van der Waals surface area (Å²) < 4.78 is 30.3. The van der Waals surface area contributed by atoms with E-state index in [1.54, 1.807) is 25.1 Å². The van der Waals surface area contributed by atoms with Gasteiger partial charge in [0.1, 0.15) is 6.54 Å². The molecule has 0 radical (unpaired) electrons. The smallest absolute Gasteiger partial charge is 0.323 e. The number of methoxy groups -OCH3 is 1. The summed E-state index contributed by atoms with van der Waals surface area (Å²) in [4.78, 5) is 24.8. The van der Waals surface area contributed by atoms with Gasteiger partial charge in [0.25, 0.3) is 5.91 Å². The first-order chi connectivity index (χ1) is 11.8. The highest BCUT2D eigenvalue weighted by Gasteiger charge is 2.29. The second-order valence-electron chi connectivity index (χ2n) is 5.85. The van der Waals surface area contributed by atoms with E-state index in [9.17, 15) is 18.0 Å². The van der Waals surface area contributed by atoms with Crippen LogP contribution in [0.2, 0.25) is 0 Å². The lowest BCUT2D eigenvalue weighted by Crippen LogP contribution is -2.38. The Morgan fingerprint density at radius 3 is 2.60 bits per heavy atom. The lowest BCUT2D eigenvalue weighted by atomic mass is 10.1. The Labute approximate surface area is 147 Å². The Kier molecular flexibility index (Phi) is 6.02. The zero-order valence-electron chi connectivity index (χ0n) is 14.3. The fraction of sp³-hybridized carbons (Fsp3) is 0.500. The van der Waals surface area contributed by atoms with Crippen molar-refractivity contribution in [1.29, 1.82) is 0 Å². The van der Waals surface area contributed by atoms with Crippen LogP contribution in [0, 0.1) is 6.92 Å². The van der Waals surface area contributed by atoms with Gasteiger partial charge in [-0.3, -0.25) is 13.9 Å². The van der Waals surface area contributed by atoms with Gasteiger partial charge in [-0.2, -0.15) is 0 Å². The molecular formula is C16H22N2O6S. The first-order valence-corrected chi connectivity index (χ1v) is 9.48. The number of carboxylic acid groups (broad SMARTS) is 1. The number of nitrogens with zero attached hydrogens (tertiary/aromatic N) is 2. The predicted octanol–water partition coefficient (Wildman–Crippen LogP) is 0.708.